The van der Waals surface area contributed by atoms with Crippen molar-refractivity contribution in [3.63, 3.8) is 0 Å². The van der Waals surface area contributed by atoms with Gasteiger partial charge in [0.2, 0.25) is 0 Å². The van der Waals surface area contributed by atoms with E-state index >= 15 is 0 Å². The molecule has 0 spiro atoms. The van der Waals surface area contributed by atoms with Crippen LogP contribution in [-0.2, 0) is 11.0 Å². The van der Waals surface area contributed by atoms with Gasteiger partial charge in [0.05, 0.1) is 35.5 Å². The molecule has 3 aromatic rings. The highest BCUT2D eigenvalue weighted by Gasteiger charge is 2.27. The van der Waals surface area contributed by atoms with Crippen molar-refractivity contribution in [3.05, 3.63) is 60.4 Å². The van der Waals surface area contributed by atoms with Gasteiger partial charge in [-0.2, -0.15) is 0 Å². The molecule has 2 N–H and O–H groups in total. The zero-order valence-electron chi connectivity index (χ0n) is 16.8. The van der Waals surface area contributed by atoms with Gasteiger partial charge >= 0.3 is 6.03 Å². The van der Waals surface area contributed by atoms with Crippen molar-refractivity contribution >= 4 is 11.7 Å². The van der Waals surface area contributed by atoms with Crippen LogP contribution in [0.2, 0.25) is 0 Å². The molecule has 1 aromatic carbocycles. The fourth-order valence-electron chi connectivity index (χ4n) is 2.55. The van der Waals surface area contributed by atoms with E-state index in [1.807, 2.05) is 65.0 Å². The van der Waals surface area contributed by atoms with Crippen LogP contribution in [0.25, 0.3) is 5.69 Å². The zero-order chi connectivity index (χ0) is 20.4. The van der Waals surface area contributed by atoms with Crippen molar-refractivity contribution in [1.29, 1.82) is 0 Å². The van der Waals surface area contributed by atoms with Gasteiger partial charge in [-0.1, -0.05) is 44.2 Å². The number of benzene rings is 1. The van der Waals surface area contributed by atoms with Crippen molar-refractivity contribution in [3.8, 4) is 5.69 Å². The Morgan fingerprint density at radius 1 is 1.00 bits per heavy atom. The number of carbonyl (C=O) groups is 1. The number of hydrogen-bond donors (Lipinski definition) is 2. The minimum absolute atomic E-state index is 0.145. The third kappa shape index (κ3) is 4.51. The van der Waals surface area contributed by atoms with Gasteiger partial charge < -0.3 is 10.6 Å². The molecule has 0 aliphatic carbocycles. The second kappa shape index (κ2) is 7.38. The highest BCUT2D eigenvalue weighted by molar-refractivity contribution is 5.89. The van der Waals surface area contributed by atoms with Gasteiger partial charge in [0, 0.05) is 5.41 Å². The summed E-state index contributed by atoms with van der Waals surface area (Å²) in [5.41, 5.74) is 1.20. The van der Waals surface area contributed by atoms with E-state index in [0.29, 0.717) is 11.4 Å². The molecule has 8 heteroatoms. The monoisotopic (exact) mass is 379 g/mol. The number of nitrogens with zero attached hydrogens (tertiary/aromatic N) is 5. The molecule has 0 atom stereocenters. The first-order valence-corrected chi connectivity index (χ1v) is 9.05. The molecule has 28 heavy (non-hydrogen) atoms. The van der Waals surface area contributed by atoms with Gasteiger partial charge in [0.1, 0.15) is 11.5 Å². The van der Waals surface area contributed by atoms with E-state index in [9.17, 15) is 4.79 Å². The predicted molar refractivity (Wildman–Crippen MR) is 107 cm³/mol. The molecule has 3 rings (SSSR count). The van der Waals surface area contributed by atoms with Crippen LogP contribution in [0, 0.1) is 0 Å². The molecule has 0 fully saturated rings. The topological polar surface area (TPSA) is 97.6 Å². The number of urea groups is 1. The molecular weight excluding hydrogens is 354 g/mol. The summed E-state index contributed by atoms with van der Waals surface area (Å²) in [6, 6.07) is 9.31. The number of amides is 2. The quantitative estimate of drug-likeness (QED) is 0.724. The molecule has 2 aromatic heterocycles. The number of aromatic nitrogens is 5. The third-order valence-electron chi connectivity index (χ3n) is 4.16. The maximum atomic E-state index is 12.4. The average molecular weight is 379 g/mol. The van der Waals surface area contributed by atoms with Crippen LogP contribution in [0.4, 0.5) is 10.5 Å². The molecule has 0 unspecified atom stereocenters. The van der Waals surface area contributed by atoms with E-state index in [-0.39, 0.29) is 11.4 Å². The maximum absolute atomic E-state index is 12.4. The first kappa shape index (κ1) is 19.5. The Bertz CT molecular complexity index is 941. The lowest BCUT2D eigenvalue weighted by molar-refractivity contribution is 0.241. The van der Waals surface area contributed by atoms with Crippen LogP contribution in [0.15, 0.2) is 48.9 Å². The molecule has 2 heterocycles. The summed E-state index contributed by atoms with van der Waals surface area (Å²) in [5, 5.41) is 14.0. The standard InChI is InChI=1S/C20H25N7O/c1-19(2,3)17-21-11-14(12-22-17)23-18(28)24-20(4,5)16-13-27(26-25-16)15-9-7-6-8-10-15/h6-13H,1-5H3,(H2,23,24,28). The van der Waals surface area contributed by atoms with E-state index in [4.69, 9.17) is 0 Å². The Balaban J connectivity index is 1.67. The van der Waals surface area contributed by atoms with Gasteiger partial charge in [0.15, 0.2) is 0 Å². The van der Waals surface area contributed by atoms with Gasteiger partial charge in [-0.05, 0) is 26.0 Å². The molecule has 0 saturated heterocycles. The van der Waals surface area contributed by atoms with Crippen molar-refractivity contribution in [2.75, 3.05) is 5.32 Å². The highest BCUT2D eigenvalue weighted by atomic mass is 16.2. The minimum atomic E-state index is -0.719. The summed E-state index contributed by atoms with van der Waals surface area (Å²) in [7, 11) is 0. The molecular formula is C20H25N7O. The summed E-state index contributed by atoms with van der Waals surface area (Å²) in [4.78, 5) is 21.1. The molecule has 8 nitrogen and oxygen atoms in total. The van der Waals surface area contributed by atoms with Crippen LogP contribution in [-0.4, -0.2) is 31.0 Å². The molecule has 0 aliphatic rings. The van der Waals surface area contributed by atoms with Crippen LogP contribution < -0.4 is 10.6 Å². The lowest BCUT2D eigenvalue weighted by atomic mass is 9.96. The minimum Gasteiger partial charge on any atom is -0.327 e. The number of anilines is 1. The molecule has 0 bridgehead atoms. The summed E-state index contributed by atoms with van der Waals surface area (Å²) < 4.78 is 1.68. The smallest absolute Gasteiger partial charge is 0.320 e. The van der Waals surface area contributed by atoms with Crippen molar-refractivity contribution in [1.82, 2.24) is 30.3 Å². The summed E-state index contributed by atoms with van der Waals surface area (Å²) in [6.07, 6.45) is 5.01. The summed E-state index contributed by atoms with van der Waals surface area (Å²) in [5.74, 6) is 0.719. The van der Waals surface area contributed by atoms with Crippen LogP contribution in [0.5, 0.6) is 0 Å². The second-order valence-electron chi connectivity index (χ2n) is 8.13. The lowest BCUT2D eigenvalue weighted by Gasteiger charge is -2.23. The maximum Gasteiger partial charge on any atom is 0.320 e. The van der Waals surface area contributed by atoms with E-state index in [2.05, 4.69) is 30.9 Å². The van der Waals surface area contributed by atoms with E-state index in [0.717, 1.165) is 11.5 Å². The average Bonchev–Trinajstić information content (AvgIpc) is 3.13. The number of carbonyl (C=O) groups excluding carboxylic acids is 1. The number of hydrogen-bond acceptors (Lipinski definition) is 5. The fourth-order valence-corrected chi connectivity index (χ4v) is 2.55. The van der Waals surface area contributed by atoms with Crippen molar-refractivity contribution in [2.24, 2.45) is 0 Å². The molecule has 0 aliphatic heterocycles. The lowest BCUT2D eigenvalue weighted by Crippen LogP contribution is -2.43. The van der Waals surface area contributed by atoms with Crippen molar-refractivity contribution in [2.45, 2.75) is 45.6 Å². The Morgan fingerprint density at radius 2 is 1.64 bits per heavy atom. The highest BCUT2D eigenvalue weighted by Crippen LogP contribution is 2.20. The second-order valence-corrected chi connectivity index (χ2v) is 8.13. The normalized spacial score (nSPS) is 11.9. The van der Waals surface area contributed by atoms with E-state index in [1.54, 1.807) is 23.3 Å². The summed E-state index contributed by atoms with van der Waals surface area (Å²) >= 11 is 0. The predicted octanol–water partition coefficient (Wildman–Crippen LogP) is 3.41. The van der Waals surface area contributed by atoms with Gasteiger partial charge in [-0.3, -0.25) is 0 Å². The fraction of sp³-hybridized carbons (Fsp3) is 0.350. The molecule has 146 valence electrons. The number of para-hydroxylation sites is 1. The molecule has 2 amide bonds. The van der Waals surface area contributed by atoms with Gasteiger partial charge in [0.25, 0.3) is 0 Å². The van der Waals surface area contributed by atoms with Crippen molar-refractivity contribution < 1.29 is 4.79 Å². The molecule has 0 saturated carbocycles. The third-order valence-corrected chi connectivity index (χ3v) is 4.16. The van der Waals surface area contributed by atoms with Crippen LogP contribution in [0.1, 0.15) is 46.1 Å². The number of rotatable bonds is 4. The van der Waals surface area contributed by atoms with E-state index in [1.165, 1.54) is 0 Å². The zero-order valence-corrected chi connectivity index (χ0v) is 16.8. The first-order valence-electron chi connectivity index (χ1n) is 9.05. The van der Waals surface area contributed by atoms with Gasteiger partial charge in [-0.25, -0.2) is 19.4 Å². The Morgan fingerprint density at radius 3 is 2.25 bits per heavy atom. The first-order chi connectivity index (χ1) is 13.1. The Labute approximate surface area is 164 Å². The Kier molecular flexibility index (Phi) is 5.13. The Hall–Kier alpha value is -3.29. The number of nitrogens with one attached hydrogen (secondary N) is 2. The summed E-state index contributed by atoms with van der Waals surface area (Å²) in [6.45, 7) is 9.84. The van der Waals surface area contributed by atoms with E-state index < -0.39 is 5.54 Å². The van der Waals surface area contributed by atoms with Gasteiger partial charge in [-0.15, -0.1) is 5.10 Å². The van der Waals surface area contributed by atoms with Crippen LogP contribution in [0.3, 0.4) is 0 Å². The van der Waals surface area contributed by atoms with Crippen LogP contribution >= 0.6 is 0 Å². The largest absolute Gasteiger partial charge is 0.327 e. The SMILES string of the molecule is CC(C)(C)c1ncc(NC(=O)NC(C)(C)c2cn(-c3ccccc3)nn2)cn1. The molecule has 0 radical (unpaired) electrons.